The van der Waals surface area contributed by atoms with Crippen LogP contribution < -0.4 is 5.32 Å². The van der Waals surface area contributed by atoms with Gasteiger partial charge in [0.05, 0.1) is 0 Å². The van der Waals surface area contributed by atoms with Gasteiger partial charge in [-0.2, -0.15) is 0 Å². The summed E-state index contributed by atoms with van der Waals surface area (Å²) in [6, 6.07) is 17.3. The number of benzene rings is 2. The fourth-order valence-electron chi connectivity index (χ4n) is 2.03. The molecule has 0 saturated heterocycles. The Morgan fingerprint density at radius 2 is 1.58 bits per heavy atom. The highest BCUT2D eigenvalue weighted by Crippen LogP contribution is 2.15. The second-order valence-corrected chi connectivity index (χ2v) is 5.70. The van der Waals surface area contributed by atoms with Crippen molar-refractivity contribution in [2.75, 3.05) is 11.9 Å². The molecule has 0 aliphatic rings. The SMILES string of the molecule is O=C(N[C@@H](C(=O)OCCBr)c1ccccc1)OCc1ccccc1. The van der Waals surface area contributed by atoms with Crippen molar-refractivity contribution in [2.24, 2.45) is 0 Å². The van der Waals surface area contributed by atoms with E-state index in [-0.39, 0.29) is 13.2 Å². The Bertz CT molecular complexity index is 649. The molecular weight excluding hydrogens is 374 g/mol. The van der Waals surface area contributed by atoms with E-state index < -0.39 is 18.1 Å². The molecule has 24 heavy (non-hydrogen) atoms. The minimum absolute atomic E-state index is 0.130. The average molecular weight is 392 g/mol. The standard InChI is InChI=1S/C18H18BrNO4/c19-11-12-23-17(21)16(15-9-5-2-6-10-15)20-18(22)24-13-14-7-3-1-4-8-14/h1-10,16H,11-13H2,(H,20,22)/t16-/m1/s1. The molecule has 1 N–H and O–H groups in total. The highest BCUT2D eigenvalue weighted by molar-refractivity contribution is 9.09. The van der Waals surface area contributed by atoms with Crippen LogP contribution in [0.4, 0.5) is 4.79 Å². The van der Waals surface area contributed by atoms with Crippen molar-refractivity contribution in [1.82, 2.24) is 5.32 Å². The summed E-state index contributed by atoms with van der Waals surface area (Å²) >= 11 is 3.20. The Labute approximate surface area is 149 Å². The Kier molecular flexibility index (Phi) is 7.29. The molecule has 1 atom stereocenters. The van der Waals surface area contributed by atoms with Crippen molar-refractivity contribution < 1.29 is 19.1 Å². The molecule has 0 fully saturated rings. The molecule has 2 aromatic carbocycles. The first-order valence-electron chi connectivity index (χ1n) is 7.45. The van der Waals surface area contributed by atoms with Gasteiger partial charge in [-0.25, -0.2) is 9.59 Å². The van der Waals surface area contributed by atoms with E-state index in [1.807, 2.05) is 36.4 Å². The minimum Gasteiger partial charge on any atom is -0.463 e. The lowest BCUT2D eigenvalue weighted by Crippen LogP contribution is -2.35. The number of alkyl halides is 1. The maximum Gasteiger partial charge on any atom is 0.408 e. The maximum absolute atomic E-state index is 12.2. The normalized spacial score (nSPS) is 11.4. The predicted octanol–water partition coefficient (Wildman–Crippen LogP) is 3.59. The number of alkyl carbamates (subject to hydrolysis) is 1. The fraction of sp³-hybridized carbons (Fsp3) is 0.222. The van der Waals surface area contributed by atoms with E-state index in [9.17, 15) is 9.59 Å². The van der Waals surface area contributed by atoms with Crippen LogP contribution in [0.1, 0.15) is 17.2 Å². The van der Waals surface area contributed by atoms with E-state index in [4.69, 9.17) is 9.47 Å². The van der Waals surface area contributed by atoms with E-state index in [2.05, 4.69) is 21.2 Å². The highest BCUT2D eigenvalue weighted by atomic mass is 79.9. The topological polar surface area (TPSA) is 64.6 Å². The van der Waals surface area contributed by atoms with Crippen molar-refractivity contribution in [1.29, 1.82) is 0 Å². The quantitative estimate of drug-likeness (QED) is 0.578. The molecular formula is C18H18BrNO4. The summed E-state index contributed by atoms with van der Waals surface area (Å²) in [6.45, 7) is 0.355. The third kappa shape index (κ3) is 5.70. The molecule has 0 heterocycles. The number of rotatable bonds is 7. The largest absolute Gasteiger partial charge is 0.463 e. The molecule has 0 radical (unpaired) electrons. The number of ether oxygens (including phenoxy) is 2. The van der Waals surface area contributed by atoms with E-state index in [1.165, 1.54) is 0 Å². The Morgan fingerprint density at radius 3 is 2.21 bits per heavy atom. The van der Waals surface area contributed by atoms with Gasteiger partial charge in [-0.05, 0) is 11.1 Å². The van der Waals surface area contributed by atoms with Gasteiger partial charge in [0, 0.05) is 5.33 Å². The van der Waals surface area contributed by atoms with E-state index >= 15 is 0 Å². The van der Waals surface area contributed by atoms with Gasteiger partial charge in [0.2, 0.25) is 0 Å². The lowest BCUT2D eigenvalue weighted by Gasteiger charge is -2.17. The highest BCUT2D eigenvalue weighted by Gasteiger charge is 2.24. The molecule has 0 aliphatic carbocycles. The van der Waals surface area contributed by atoms with Gasteiger partial charge in [0.15, 0.2) is 6.04 Å². The number of carbonyl (C=O) groups excluding carboxylic acids is 2. The number of halogens is 1. The van der Waals surface area contributed by atoms with Gasteiger partial charge in [0.1, 0.15) is 13.2 Å². The van der Waals surface area contributed by atoms with E-state index in [0.29, 0.717) is 10.9 Å². The first kappa shape index (κ1) is 18.0. The van der Waals surface area contributed by atoms with Crippen LogP contribution in [0, 0.1) is 0 Å². The summed E-state index contributed by atoms with van der Waals surface area (Å²) in [5, 5.41) is 3.09. The zero-order valence-corrected chi connectivity index (χ0v) is 14.6. The Hall–Kier alpha value is -2.34. The molecule has 0 aromatic heterocycles. The van der Waals surface area contributed by atoms with Crippen LogP contribution in [0.5, 0.6) is 0 Å². The maximum atomic E-state index is 12.2. The number of hydrogen-bond donors (Lipinski definition) is 1. The number of esters is 1. The van der Waals surface area contributed by atoms with Crippen molar-refractivity contribution in [3.05, 3.63) is 71.8 Å². The van der Waals surface area contributed by atoms with Gasteiger partial charge in [0.25, 0.3) is 0 Å². The lowest BCUT2D eigenvalue weighted by molar-refractivity contribution is -0.145. The van der Waals surface area contributed by atoms with E-state index in [0.717, 1.165) is 5.56 Å². The fourth-order valence-corrected chi connectivity index (χ4v) is 2.19. The van der Waals surface area contributed by atoms with Gasteiger partial charge in [-0.1, -0.05) is 76.6 Å². The van der Waals surface area contributed by atoms with Crippen LogP contribution in [0.25, 0.3) is 0 Å². The van der Waals surface area contributed by atoms with Crippen LogP contribution in [0.2, 0.25) is 0 Å². The number of amides is 1. The minimum atomic E-state index is -0.909. The summed E-state index contributed by atoms with van der Waals surface area (Å²) in [5.74, 6) is -0.530. The molecule has 6 heteroatoms. The number of carbonyl (C=O) groups is 2. The number of nitrogens with one attached hydrogen (secondary N) is 1. The van der Waals surface area contributed by atoms with Crippen molar-refractivity contribution in [3.63, 3.8) is 0 Å². The van der Waals surface area contributed by atoms with Gasteiger partial charge in [-0.15, -0.1) is 0 Å². The molecule has 2 aromatic rings. The van der Waals surface area contributed by atoms with Gasteiger partial charge < -0.3 is 14.8 Å². The van der Waals surface area contributed by atoms with E-state index in [1.54, 1.807) is 24.3 Å². The molecule has 5 nitrogen and oxygen atoms in total. The van der Waals surface area contributed by atoms with Gasteiger partial charge in [-0.3, -0.25) is 0 Å². The third-order valence-corrected chi connectivity index (χ3v) is 3.49. The first-order chi connectivity index (χ1) is 11.7. The Morgan fingerprint density at radius 1 is 0.958 bits per heavy atom. The molecule has 0 bridgehead atoms. The average Bonchev–Trinajstić information content (AvgIpc) is 2.64. The predicted molar refractivity (Wildman–Crippen MR) is 93.7 cm³/mol. The van der Waals surface area contributed by atoms with Gasteiger partial charge >= 0.3 is 12.1 Å². The zero-order valence-electron chi connectivity index (χ0n) is 13.0. The molecule has 0 saturated carbocycles. The van der Waals surface area contributed by atoms with Crippen LogP contribution in [0.15, 0.2) is 60.7 Å². The van der Waals surface area contributed by atoms with Crippen LogP contribution in [-0.2, 0) is 20.9 Å². The van der Waals surface area contributed by atoms with Crippen LogP contribution in [0.3, 0.4) is 0 Å². The first-order valence-corrected chi connectivity index (χ1v) is 8.57. The Balaban J connectivity index is 1.99. The third-order valence-electron chi connectivity index (χ3n) is 3.17. The molecule has 126 valence electrons. The molecule has 0 spiro atoms. The van der Waals surface area contributed by atoms with Crippen LogP contribution >= 0.6 is 15.9 Å². The van der Waals surface area contributed by atoms with Crippen LogP contribution in [-0.4, -0.2) is 24.0 Å². The zero-order chi connectivity index (χ0) is 17.2. The summed E-state index contributed by atoms with van der Waals surface area (Å²) < 4.78 is 10.3. The summed E-state index contributed by atoms with van der Waals surface area (Å²) in [7, 11) is 0. The lowest BCUT2D eigenvalue weighted by atomic mass is 10.1. The smallest absolute Gasteiger partial charge is 0.408 e. The second-order valence-electron chi connectivity index (χ2n) is 4.91. The van der Waals surface area contributed by atoms with Crippen molar-refractivity contribution >= 4 is 28.0 Å². The van der Waals surface area contributed by atoms with Crippen molar-refractivity contribution in [3.8, 4) is 0 Å². The summed E-state index contributed by atoms with van der Waals surface area (Å²) in [4.78, 5) is 24.2. The molecule has 0 aliphatic heterocycles. The molecule has 0 unspecified atom stereocenters. The second kappa shape index (κ2) is 9.72. The molecule has 1 amide bonds. The summed E-state index contributed by atoms with van der Waals surface area (Å²) in [5.41, 5.74) is 1.50. The monoisotopic (exact) mass is 391 g/mol. The number of hydrogen-bond acceptors (Lipinski definition) is 4. The summed E-state index contributed by atoms with van der Waals surface area (Å²) in [6.07, 6.45) is -0.677. The van der Waals surface area contributed by atoms with Crippen molar-refractivity contribution in [2.45, 2.75) is 12.6 Å². The molecule has 2 rings (SSSR count).